The molecule has 0 aromatic carbocycles. The van der Waals surface area contributed by atoms with Crippen molar-refractivity contribution < 1.29 is 4.74 Å². The van der Waals surface area contributed by atoms with Crippen molar-refractivity contribution in [3.8, 4) is 5.88 Å². The average Bonchev–Trinajstić information content (AvgIpc) is 2.27. The van der Waals surface area contributed by atoms with Crippen molar-refractivity contribution >= 4 is 5.69 Å². The van der Waals surface area contributed by atoms with Gasteiger partial charge in [-0.15, -0.1) is 5.10 Å². The van der Waals surface area contributed by atoms with Crippen LogP contribution in [0.5, 0.6) is 5.88 Å². The van der Waals surface area contributed by atoms with Gasteiger partial charge in [-0.1, -0.05) is 0 Å². The molecule has 0 radical (unpaired) electrons. The van der Waals surface area contributed by atoms with Crippen LogP contribution in [0.15, 0.2) is 6.20 Å². The normalized spacial score (nSPS) is 11.5. The molecule has 4 heteroatoms. The van der Waals surface area contributed by atoms with Crippen molar-refractivity contribution in [2.75, 3.05) is 12.4 Å². The zero-order valence-corrected chi connectivity index (χ0v) is 8.88. The summed E-state index contributed by atoms with van der Waals surface area (Å²) in [5, 5.41) is 7.46. The predicted octanol–water partition coefficient (Wildman–Crippen LogP) is 1.64. The van der Waals surface area contributed by atoms with E-state index in [1.54, 1.807) is 11.8 Å². The Morgan fingerprint density at radius 3 is 2.54 bits per heavy atom. The van der Waals surface area contributed by atoms with E-state index in [0.717, 1.165) is 5.69 Å². The van der Waals surface area contributed by atoms with Crippen molar-refractivity contribution in [2.45, 2.75) is 26.3 Å². The van der Waals surface area contributed by atoms with Crippen LogP contribution in [0.1, 0.15) is 20.8 Å². The molecule has 1 N–H and O–H groups in total. The number of hydrogen-bond donors (Lipinski definition) is 1. The number of anilines is 1. The Morgan fingerprint density at radius 1 is 1.46 bits per heavy atom. The van der Waals surface area contributed by atoms with Gasteiger partial charge in [0.1, 0.15) is 5.69 Å². The van der Waals surface area contributed by atoms with Gasteiger partial charge in [-0.05, 0) is 20.8 Å². The predicted molar refractivity (Wildman–Crippen MR) is 53.1 cm³/mol. The van der Waals surface area contributed by atoms with Crippen LogP contribution in [0, 0.1) is 0 Å². The molecule has 0 atom stereocenters. The fourth-order valence-electron chi connectivity index (χ4n) is 1.11. The lowest BCUT2D eigenvalue weighted by atomic mass is 10.1. The topological polar surface area (TPSA) is 39.1 Å². The minimum Gasteiger partial charge on any atom is -0.478 e. The van der Waals surface area contributed by atoms with E-state index in [4.69, 9.17) is 4.74 Å². The van der Waals surface area contributed by atoms with Gasteiger partial charge in [0, 0.05) is 12.6 Å². The molecule has 0 aliphatic heterocycles. The first-order valence-electron chi connectivity index (χ1n) is 4.28. The molecular weight excluding hydrogens is 166 g/mol. The number of rotatable bonds is 2. The summed E-state index contributed by atoms with van der Waals surface area (Å²) in [6, 6.07) is 0. The quantitative estimate of drug-likeness (QED) is 0.757. The van der Waals surface area contributed by atoms with Crippen molar-refractivity contribution in [1.82, 2.24) is 9.78 Å². The van der Waals surface area contributed by atoms with E-state index in [0.29, 0.717) is 5.88 Å². The molecule has 0 saturated carbocycles. The van der Waals surface area contributed by atoms with Crippen molar-refractivity contribution in [3.63, 3.8) is 0 Å². The van der Waals surface area contributed by atoms with Crippen LogP contribution in [0.4, 0.5) is 5.69 Å². The molecule has 0 unspecified atom stereocenters. The number of methoxy groups -OCH3 is 1. The molecule has 1 rings (SSSR count). The van der Waals surface area contributed by atoms with Crippen LogP contribution in [-0.2, 0) is 7.05 Å². The van der Waals surface area contributed by atoms with Gasteiger partial charge in [-0.3, -0.25) is 4.68 Å². The summed E-state index contributed by atoms with van der Waals surface area (Å²) in [4.78, 5) is 0. The van der Waals surface area contributed by atoms with Gasteiger partial charge in [-0.2, -0.15) is 0 Å². The zero-order valence-electron chi connectivity index (χ0n) is 8.88. The second-order valence-electron chi connectivity index (χ2n) is 4.10. The number of hydrogen-bond acceptors (Lipinski definition) is 3. The molecule has 4 nitrogen and oxygen atoms in total. The lowest BCUT2D eigenvalue weighted by molar-refractivity contribution is 0.392. The minimum absolute atomic E-state index is 0.0241. The average molecular weight is 183 g/mol. The molecule has 0 fully saturated rings. The molecule has 1 aromatic heterocycles. The fourth-order valence-corrected chi connectivity index (χ4v) is 1.11. The molecule has 1 heterocycles. The maximum Gasteiger partial charge on any atom is 0.256 e. The van der Waals surface area contributed by atoms with Gasteiger partial charge in [0.25, 0.3) is 5.88 Å². The van der Waals surface area contributed by atoms with Crippen molar-refractivity contribution in [1.29, 1.82) is 0 Å². The lowest BCUT2D eigenvalue weighted by Crippen LogP contribution is -2.26. The molecule has 0 aliphatic carbocycles. The van der Waals surface area contributed by atoms with E-state index in [1.807, 2.05) is 13.2 Å². The van der Waals surface area contributed by atoms with Crippen LogP contribution in [0.2, 0.25) is 0 Å². The van der Waals surface area contributed by atoms with E-state index in [2.05, 4.69) is 31.2 Å². The van der Waals surface area contributed by atoms with E-state index < -0.39 is 0 Å². The first-order chi connectivity index (χ1) is 5.92. The van der Waals surface area contributed by atoms with Crippen molar-refractivity contribution in [2.24, 2.45) is 7.05 Å². The number of aryl methyl sites for hydroxylation is 1. The van der Waals surface area contributed by atoms with Gasteiger partial charge < -0.3 is 10.1 Å². The molecule has 0 spiro atoms. The van der Waals surface area contributed by atoms with Crippen LogP contribution in [-0.4, -0.2) is 22.4 Å². The summed E-state index contributed by atoms with van der Waals surface area (Å²) in [6.45, 7) is 6.29. The standard InChI is InChI=1S/C9H17N3O/c1-9(2,3)10-7-6-12(4)11-8(7)13-5/h6,10H,1-5H3. The van der Waals surface area contributed by atoms with Gasteiger partial charge in [0.15, 0.2) is 0 Å². The Kier molecular flexibility index (Phi) is 2.50. The van der Waals surface area contributed by atoms with Gasteiger partial charge in [0.05, 0.1) is 13.3 Å². The van der Waals surface area contributed by atoms with E-state index in [9.17, 15) is 0 Å². The van der Waals surface area contributed by atoms with E-state index >= 15 is 0 Å². The number of ether oxygens (including phenoxy) is 1. The van der Waals surface area contributed by atoms with Gasteiger partial charge >= 0.3 is 0 Å². The minimum atomic E-state index is 0.0241. The Morgan fingerprint density at radius 2 is 2.08 bits per heavy atom. The maximum absolute atomic E-state index is 5.12. The Hall–Kier alpha value is -1.19. The number of nitrogens with one attached hydrogen (secondary N) is 1. The summed E-state index contributed by atoms with van der Waals surface area (Å²) in [7, 11) is 3.49. The molecule has 0 saturated heterocycles. The van der Waals surface area contributed by atoms with Gasteiger partial charge in [-0.25, -0.2) is 0 Å². The number of nitrogens with zero attached hydrogens (tertiary/aromatic N) is 2. The van der Waals surface area contributed by atoms with Crippen LogP contribution >= 0.6 is 0 Å². The largest absolute Gasteiger partial charge is 0.478 e. The van der Waals surface area contributed by atoms with Crippen LogP contribution < -0.4 is 10.1 Å². The molecule has 0 aliphatic rings. The molecule has 74 valence electrons. The summed E-state index contributed by atoms with van der Waals surface area (Å²) in [5.74, 6) is 0.637. The Balaban J connectivity index is 2.87. The summed E-state index contributed by atoms with van der Waals surface area (Å²) in [6.07, 6.45) is 1.91. The maximum atomic E-state index is 5.12. The summed E-state index contributed by atoms with van der Waals surface area (Å²) >= 11 is 0. The highest BCUT2D eigenvalue weighted by molar-refractivity contribution is 5.52. The van der Waals surface area contributed by atoms with Gasteiger partial charge in [0.2, 0.25) is 0 Å². The third kappa shape index (κ3) is 2.65. The van der Waals surface area contributed by atoms with E-state index in [1.165, 1.54) is 0 Å². The summed E-state index contributed by atoms with van der Waals surface area (Å²) in [5.41, 5.74) is 0.952. The molecular formula is C9H17N3O. The highest BCUT2D eigenvalue weighted by Crippen LogP contribution is 2.24. The second kappa shape index (κ2) is 3.28. The van der Waals surface area contributed by atoms with Crippen LogP contribution in [0.25, 0.3) is 0 Å². The second-order valence-corrected chi connectivity index (χ2v) is 4.10. The first-order valence-corrected chi connectivity index (χ1v) is 4.28. The fraction of sp³-hybridized carbons (Fsp3) is 0.667. The van der Waals surface area contributed by atoms with Crippen LogP contribution in [0.3, 0.4) is 0 Å². The smallest absolute Gasteiger partial charge is 0.256 e. The van der Waals surface area contributed by atoms with E-state index in [-0.39, 0.29) is 5.54 Å². The highest BCUT2D eigenvalue weighted by atomic mass is 16.5. The van der Waals surface area contributed by atoms with Crippen molar-refractivity contribution in [3.05, 3.63) is 6.20 Å². The highest BCUT2D eigenvalue weighted by Gasteiger charge is 2.14. The Bertz CT molecular complexity index is 286. The zero-order chi connectivity index (χ0) is 10.1. The molecule has 1 aromatic rings. The number of aromatic nitrogens is 2. The third-order valence-corrected chi connectivity index (χ3v) is 1.50. The summed E-state index contributed by atoms with van der Waals surface area (Å²) < 4.78 is 6.85. The third-order valence-electron chi connectivity index (χ3n) is 1.50. The first kappa shape index (κ1) is 9.89. The molecule has 0 amide bonds. The monoisotopic (exact) mass is 183 g/mol. The lowest BCUT2D eigenvalue weighted by Gasteiger charge is -2.21. The molecule has 13 heavy (non-hydrogen) atoms. The molecule has 0 bridgehead atoms. The SMILES string of the molecule is COc1nn(C)cc1NC(C)(C)C. The Labute approximate surface area is 78.9 Å².